The number of benzene rings is 1. The molecule has 2 amide bonds. The van der Waals surface area contributed by atoms with E-state index in [4.69, 9.17) is 10.8 Å². The van der Waals surface area contributed by atoms with E-state index in [0.717, 1.165) is 31.2 Å². The smallest absolute Gasteiger partial charge is 0.312 e. The number of alkyl halides is 2. The van der Waals surface area contributed by atoms with E-state index in [0.29, 0.717) is 17.8 Å². The lowest BCUT2D eigenvalue weighted by molar-refractivity contribution is 0.0581. The largest absolute Gasteiger partial charge is 0.419 e. The number of nitrogens with zero attached hydrogens (tertiary/aromatic N) is 3. The van der Waals surface area contributed by atoms with Gasteiger partial charge in [-0.1, -0.05) is 18.9 Å². The highest BCUT2D eigenvalue weighted by atomic mass is 19.3. The summed E-state index contributed by atoms with van der Waals surface area (Å²) in [5, 5.41) is 18.0. The molecule has 1 fully saturated rings. The molecule has 33 heavy (non-hydrogen) atoms. The number of rotatable bonds is 5. The summed E-state index contributed by atoms with van der Waals surface area (Å²) in [5.74, 6) is -2.42. The van der Waals surface area contributed by atoms with Gasteiger partial charge in [0.15, 0.2) is 0 Å². The van der Waals surface area contributed by atoms with Crippen LogP contribution in [0.15, 0.2) is 30.7 Å². The van der Waals surface area contributed by atoms with Gasteiger partial charge in [0.2, 0.25) is 5.90 Å². The Labute approximate surface area is 188 Å². The van der Waals surface area contributed by atoms with Crippen molar-refractivity contribution in [2.45, 2.75) is 50.7 Å². The van der Waals surface area contributed by atoms with Crippen LogP contribution < -0.4 is 5.32 Å². The monoisotopic (exact) mass is 458 g/mol. The average Bonchev–Trinajstić information content (AvgIpc) is 3.36. The molecule has 0 spiro atoms. The summed E-state index contributed by atoms with van der Waals surface area (Å²) in [4.78, 5) is 31.7. The Bertz CT molecular complexity index is 1120. The van der Waals surface area contributed by atoms with Crippen molar-refractivity contribution in [1.82, 2.24) is 19.8 Å². The first-order chi connectivity index (χ1) is 15.8. The van der Waals surface area contributed by atoms with Crippen molar-refractivity contribution < 1.29 is 23.1 Å². The van der Waals surface area contributed by atoms with Gasteiger partial charge in [-0.05, 0) is 30.5 Å². The van der Waals surface area contributed by atoms with Crippen LogP contribution in [0.4, 0.5) is 8.78 Å². The number of imidazole rings is 1. The van der Waals surface area contributed by atoms with Crippen LogP contribution in [0.25, 0.3) is 0 Å². The van der Waals surface area contributed by atoms with Gasteiger partial charge in [0.05, 0.1) is 18.6 Å². The van der Waals surface area contributed by atoms with Gasteiger partial charge < -0.3 is 19.5 Å². The molecular formula is C22H24F2N6O3. The van der Waals surface area contributed by atoms with E-state index >= 15 is 0 Å². The fourth-order valence-corrected chi connectivity index (χ4v) is 4.42. The van der Waals surface area contributed by atoms with E-state index in [9.17, 15) is 18.4 Å². The fourth-order valence-electron chi connectivity index (χ4n) is 4.42. The highest BCUT2D eigenvalue weighted by Gasteiger charge is 2.39. The molecule has 9 nitrogen and oxygen atoms in total. The minimum Gasteiger partial charge on any atom is -0.419 e. The zero-order chi connectivity index (χ0) is 23.7. The maximum Gasteiger partial charge on any atom is 0.312 e. The van der Waals surface area contributed by atoms with E-state index in [-0.39, 0.29) is 29.5 Å². The molecule has 3 N–H and O–H groups in total. The number of carbonyl (C=O) groups excluding carboxylic acids is 2. The molecule has 1 aromatic heterocycles. The second kappa shape index (κ2) is 9.08. The molecule has 2 heterocycles. The highest BCUT2D eigenvalue weighted by Crippen LogP contribution is 2.32. The number of hydrogen-bond acceptors (Lipinski definition) is 6. The molecule has 0 saturated heterocycles. The molecule has 0 radical (unpaired) electrons. The van der Waals surface area contributed by atoms with E-state index < -0.39 is 18.2 Å². The Kier molecular flexibility index (Phi) is 6.21. The second-order valence-electron chi connectivity index (χ2n) is 8.22. The molecule has 11 heteroatoms. The lowest BCUT2D eigenvalue weighted by Crippen LogP contribution is -2.53. The van der Waals surface area contributed by atoms with Gasteiger partial charge in [-0.15, -0.1) is 0 Å². The van der Waals surface area contributed by atoms with E-state index in [2.05, 4.69) is 15.0 Å². The average molecular weight is 458 g/mol. The van der Waals surface area contributed by atoms with Crippen LogP contribution in [-0.2, 0) is 18.3 Å². The first-order valence-corrected chi connectivity index (χ1v) is 10.6. The predicted molar refractivity (Wildman–Crippen MR) is 115 cm³/mol. The zero-order valence-electron chi connectivity index (χ0n) is 18.0. The molecular weight excluding hydrogens is 434 g/mol. The van der Waals surface area contributed by atoms with Crippen LogP contribution in [0.2, 0.25) is 0 Å². The van der Waals surface area contributed by atoms with Gasteiger partial charge in [-0.3, -0.25) is 20.4 Å². The molecule has 2 aromatic rings. The summed E-state index contributed by atoms with van der Waals surface area (Å²) < 4.78 is 31.3. The number of hydrogen-bond donors (Lipinski definition) is 3. The molecule has 1 unspecified atom stereocenters. The Morgan fingerprint density at radius 1 is 1.27 bits per heavy atom. The summed E-state index contributed by atoms with van der Waals surface area (Å²) >= 11 is 0. The molecule has 1 aliphatic heterocycles. The minimum absolute atomic E-state index is 0.138. The van der Waals surface area contributed by atoms with Crippen molar-refractivity contribution in [3.05, 3.63) is 53.1 Å². The van der Waals surface area contributed by atoms with Crippen molar-refractivity contribution >= 4 is 23.6 Å². The molecule has 2 atom stereocenters. The third-order valence-electron chi connectivity index (χ3n) is 6.11. The zero-order valence-corrected chi connectivity index (χ0v) is 18.0. The van der Waals surface area contributed by atoms with Crippen LogP contribution in [-0.4, -0.2) is 56.6 Å². The quantitative estimate of drug-likeness (QED) is 0.471. The standard InChI is InChI=1S/C22H24F2N6O3/c1-29-11-27-9-17(29)21(31)28-15-4-2-3-5-16(15)30-10-13-7-6-12(8-14(13)22(30)32)19(25)33-20(26)18(23)24/h6-9,11,15-16,18,25-26H,2-5,10H2,1H3,(H,28,31)/t15-,16?/m1/s1. The van der Waals surface area contributed by atoms with Crippen molar-refractivity contribution in [1.29, 1.82) is 10.8 Å². The van der Waals surface area contributed by atoms with Gasteiger partial charge in [0.25, 0.3) is 17.7 Å². The lowest BCUT2D eigenvalue weighted by atomic mass is 9.89. The maximum atomic E-state index is 13.2. The predicted octanol–water partition coefficient (Wildman–Crippen LogP) is 2.70. The normalized spacial score (nSPS) is 20.0. The fraction of sp³-hybridized carbons (Fsp3) is 0.409. The highest BCUT2D eigenvalue weighted by molar-refractivity contribution is 6.04. The van der Waals surface area contributed by atoms with Crippen molar-refractivity contribution in [2.24, 2.45) is 7.05 Å². The maximum absolute atomic E-state index is 13.2. The first-order valence-electron chi connectivity index (χ1n) is 10.6. The van der Waals surface area contributed by atoms with Crippen molar-refractivity contribution in [3.63, 3.8) is 0 Å². The van der Waals surface area contributed by atoms with Crippen LogP contribution in [0.5, 0.6) is 0 Å². The third-order valence-corrected chi connectivity index (χ3v) is 6.11. The first kappa shape index (κ1) is 22.6. The number of aromatic nitrogens is 2. The van der Waals surface area contributed by atoms with Gasteiger partial charge in [-0.2, -0.15) is 8.78 Å². The van der Waals surface area contributed by atoms with E-state index in [1.54, 1.807) is 28.9 Å². The summed E-state index contributed by atoms with van der Waals surface area (Å²) in [6, 6.07) is 4.21. The minimum atomic E-state index is -3.12. The van der Waals surface area contributed by atoms with Crippen molar-refractivity contribution in [3.8, 4) is 0 Å². The Hall–Kier alpha value is -3.63. The number of amides is 2. The number of carbonyl (C=O) groups is 2. The van der Waals surface area contributed by atoms with Gasteiger partial charge >= 0.3 is 6.43 Å². The van der Waals surface area contributed by atoms with Crippen LogP contribution >= 0.6 is 0 Å². The van der Waals surface area contributed by atoms with E-state index in [1.807, 2.05) is 0 Å². The third kappa shape index (κ3) is 4.48. The number of nitrogens with one attached hydrogen (secondary N) is 3. The molecule has 174 valence electrons. The summed E-state index contributed by atoms with van der Waals surface area (Å²) in [5.41, 5.74) is 1.70. The molecule has 1 saturated carbocycles. The molecule has 1 aromatic carbocycles. The SMILES string of the molecule is Cn1cncc1C(=O)N[C@@H]1CCCCC1N1Cc2ccc(C(=N)OC(=N)C(F)F)cc2C1=O. The van der Waals surface area contributed by atoms with Crippen LogP contribution in [0, 0.1) is 10.8 Å². The Morgan fingerprint density at radius 2 is 2.03 bits per heavy atom. The lowest BCUT2D eigenvalue weighted by Gasteiger charge is -2.38. The van der Waals surface area contributed by atoms with Gasteiger partial charge in [0, 0.05) is 30.8 Å². The number of fused-ring (bicyclic) bond motifs is 1. The molecule has 0 bridgehead atoms. The summed E-state index contributed by atoms with van der Waals surface area (Å²) in [6.45, 7) is 0.359. The van der Waals surface area contributed by atoms with Crippen molar-refractivity contribution in [2.75, 3.05) is 0 Å². The Morgan fingerprint density at radius 3 is 2.73 bits per heavy atom. The van der Waals surface area contributed by atoms with Crippen LogP contribution in [0.3, 0.4) is 0 Å². The van der Waals surface area contributed by atoms with E-state index in [1.165, 1.54) is 18.3 Å². The van der Waals surface area contributed by atoms with Gasteiger partial charge in [-0.25, -0.2) is 4.98 Å². The van der Waals surface area contributed by atoms with Gasteiger partial charge in [0.1, 0.15) is 5.69 Å². The van der Waals surface area contributed by atoms with Crippen LogP contribution in [0.1, 0.15) is 57.7 Å². The summed E-state index contributed by atoms with van der Waals surface area (Å²) in [7, 11) is 1.74. The Balaban J connectivity index is 1.50. The second-order valence-corrected chi connectivity index (χ2v) is 8.22. The number of aryl methyl sites for hydroxylation is 1. The molecule has 2 aliphatic rings. The molecule has 1 aliphatic carbocycles. The topological polar surface area (TPSA) is 124 Å². The number of halogens is 2. The summed E-state index contributed by atoms with van der Waals surface area (Å²) in [6.07, 6.45) is 3.29. The number of ether oxygens (including phenoxy) is 1. The molecule has 4 rings (SSSR count).